The zero-order chi connectivity index (χ0) is 14.8. The van der Waals surface area contributed by atoms with Crippen LogP contribution in [-0.4, -0.2) is 29.7 Å². The van der Waals surface area contributed by atoms with E-state index in [1.807, 2.05) is 11.9 Å². The van der Waals surface area contributed by atoms with Crippen molar-refractivity contribution in [3.05, 3.63) is 35.4 Å². The van der Waals surface area contributed by atoms with Gasteiger partial charge >= 0.3 is 0 Å². The van der Waals surface area contributed by atoms with Crippen molar-refractivity contribution >= 4 is 11.7 Å². The molecule has 1 atom stereocenters. The Morgan fingerprint density at radius 2 is 1.71 bits per heavy atom. The number of amides is 1. The second-order valence-electron chi connectivity index (χ2n) is 6.43. The van der Waals surface area contributed by atoms with E-state index >= 15 is 0 Å². The van der Waals surface area contributed by atoms with E-state index in [1.165, 1.54) is 11.1 Å². The van der Waals surface area contributed by atoms with Gasteiger partial charge in [0.2, 0.25) is 5.91 Å². The molecule has 1 saturated carbocycles. The van der Waals surface area contributed by atoms with Crippen LogP contribution in [0.4, 0.5) is 0 Å². The normalized spacial score (nSPS) is 22.7. The summed E-state index contributed by atoms with van der Waals surface area (Å²) in [6, 6.07) is 8.71. The number of aryl methyl sites for hydroxylation is 1. The molecule has 0 heterocycles. The van der Waals surface area contributed by atoms with Crippen molar-refractivity contribution in [1.82, 2.24) is 4.90 Å². The molecule has 0 saturated heterocycles. The molecule has 3 rings (SSSR count). The maximum atomic E-state index is 12.7. The number of carbonyl (C=O) groups excluding carboxylic acids is 2. The summed E-state index contributed by atoms with van der Waals surface area (Å²) in [5, 5.41) is 0. The summed E-state index contributed by atoms with van der Waals surface area (Å²) in [5.41, 5.74) is 2.72. The van der Waals surface area contributed by atoms with Crippen LogP contribution in [0.5, 0.6) is 0 Å². The topological polar surface area (TPSA) is 37.4 Å². The van der Waals surface area contributed by atoms with Gasteiger partial charge in [-0.3, -0.25) is 9.59 Å². The molecule has 0 radical (unpaired) electrons. The molecule has 3 nitrogen and oxygen atoms in total. The fourth-order valence-electron chi connectivity index (χ4n) is 3.69. The number of rotatable bonds is 2. The second-order valence-corrected chi connectivity index (χ2v) is 6.43. The summed E-state index contributed by atoms with van der Waals surface area (Å²) in [6.45, 7) is 0. The van der Waals surface area contributed by atoms with Crippen LogP contribution >= 0.6 is 0 Å². The zero-order valence-electron chi connectivity index (χ0n) is 12.7. The van der Waals surface area contributed by atoms with Crippen LogP contribution in [0, 0.1) is 5.92 Å². The maximum absolute atomic E-state index is 12.7. The van der Waals surface area contributed by atoms with Crippen molar-refractivity contribution in [2.45, 2.75) is 51.0 Å². The fourth-order valence-corrected chi connectivity index (χ4v) is 3.69. The Labute approximate surface area is 126 Å². The molecule has 1 fully saturated rings. The molecular weight excluding hydrogens is 262 g/mol. The number of benzene rings is 1. The van der Waals surface area contributed by atoms with Gasteiger partial charge in [0.05, 0.1) is 0 Å². The highest BCUT2D eigenvalue weighted by Gasteiger charge is 2.31. The van der Waals surface area contributed by atoms with Gasteiger partial charge in [-0.1, -0.05) is 24.3 Å². The van der Waals surface area contributed by atoms with Gasteiger partial charge in [0.15, 0.2) is 0 Å². The molecule has 1 aromatic rings. The van der Waals surface area contributed by atoms with Crippen molar-refractivity contribution in [1.29, 1.82) is 0 Å². The number of fused-ring (bicyclic) bond motifs is 1. The van der Waals surface area contributed by atoms with Crippen molar-refractivity contribution in [2.75, 3.05) is 7.05 Å². The van der Waals surface area contributed by atoms with Crippen LogP contribution in [0.3, 0.4) is 0 Å². The van der Waals surface area contributed by atoms with Gasteiger partial charge in [0.1, 0.15) is 5.78 Å². The largest absolute Gasteiger partial charge is 0.343 e. The second kappa shape index (κ2) is 6.00. The SMILES string of the molecule is CN(C(=O)C1CCc2ccccc2C1)C1CCC(=O)CC1. The standard InChI is InChI=1S/C18H23NO2/c1-19(16-8-10-17(20)11-9-16)18(21)15-7-6-13-4-2-3-5-14(13)12-15/h2-5,15-16H,6-12H2,1H3. The van der Waals surface area contributed by atoms with E-state index in [9.17, 15) is 9.59 Å². The number of ketones is 1. The molecular formula is C18H23NO2. The molecule has 1 aromatic carbocycles. The monoisotopic (exact) mass is 285 g/mol. The van der Waals surface area contributed by atoms with Crippen LogP contribution in [0.25, 0.3) is 0 Å². The number of nitrogens with zero attached hydrogens (tertiary/aromatic N) is 1. The molecule has 3 heteroatoms. The predicted molar refractivity (Wildman–Crippen MR) is 82.0 cm³/mol. The summed E-state index contributed by atoms with van der Waals surface area (Å²) >= 11 is 0. The third kappa shape index (κ3) is 3.02. The lowest BCUT2D eigenvalue weighted by Gasteiger charge is -2.34. The number of carbonyl (C=O) groups is 2. The van der Waals surface area contributed by atoms with Crippen LogP contribution in [0.15, 0.2) is 24.3 Å². The van der Waals surface area contributed by atoms with E-state index in [2.05, 4.69) is 24.3 Å². The highest BCUT2D eigenvalue weighted by Crippen LogP contribution is 2.28. The van der Waals surface area contributed by atoms with Gasteiger partial charge < -0.3 is 4.90 Å². The molecule has 1 amide bonds. The Balaban J connectivity index is 1.64. The molecule has 0 bridgehead atoms. The van der Waals surface area contributed by atoms with Gasteiger partial charge in [0, 0.05) is 31.8 Å². The summed E-state index contributed by atoms with van der Waals surface area (Å²) in [7, 11) is 1.92. The molecule has 0 spiro atoms. The van der Waals surface area contributed by atoms with Gasteiger partial charge in [-0.05, 0) is 43.2 Å². The Morgan fingerprint density at radius 3 is 2.43 bits per heavy atom. The van der Waals surface area contributed by atoms with Crippen molar-refractivity contribution in [3.63, 3.8) is 0 Å². The Kier molecular flexibility index (Phi) is 4.09. The van der Waals surface area contributed by atoms with E-state index in [0.29, 0.717) is 18.6 Å². The third-order valence-electron chi connectivity index (χ3n) is 5.10. The number of hydrogen-bond donors (Lipinski definition) is 0. The third-order valence-corrected chi connectivity index (χ3v) is 5.10. The average Bonchev–Trinajstić information content (AvgIpc) is 2.54. The fraction of sp³-hybridized carbons (Fsp3) is 0.556. The van der Waals surface area contributed by atoms with E-state index in [1.54, 1.807) is 0 Å². The van der Waals surface area contributed by atoms with Crippen molar-refractivity contribution < 1.29 is 9.59 Å². The van der Waals surface area contributed by atoms with E-state index in [-0.39, 0.29) is 17.9 Å². The highest BCUT2D eigenvalue weighted by atomic mass is 16.2. The van der Waals surface area contributed by atoms with Crippen molar-refractivity contribution in [3.8, 4) is 0 Å². The number of hydrogen-bond acceptors (Lipinski definition) is 2. The lowest BCUT2D eigenvalue weighted by molar-refractivity contribution is -0.138. The molecule has 2 aliphatic carbocycles. The summed E-state index contributed by atoms with van der Waals surface area (Å²) in [6.07, 6.45) is 5.76. The summed E-state index contributed by atoms with van der Waals surface area (Å²) in [5.74, 6) is 0.727. The van der Waals surface area contributed by atoms with Crippen molar-refractivity contribution in [2.24, 2.45) is 5.92 Å². The molecule has 1 unspecified atom stereocenters. The maximum Gasteiger partial charge on any atom is 0.226 e. The van der Waals surface area contributed by atoms with Gasteiger partial charge in [0.25, 0.3) is 0 Å². The zero-order valence-corrected chi connectivity index (χ0v) is 12.7. The summed E-state index contributed by atoms with van der Waals surface area (Å²) < 4.78 is 0. The minimum atomic E-state index is 0.113. The van der Waals surface area contributed by atoms with Gasteiger partial charge in [-0.2, -0.15) is 0 Å². The van der Waals surface area contributed by atoms with E-state index in [0.717, 1.165) is 32.1 Å². The summed E-state index contributed by atoms with van der Waals surface area (Å²) in [4.78, 5) is 26.0. The molecule has 0 N–H and O–H groups in total. The Hall–Kier alpha value is -1.64. The first-order valence-corrected chi connectivity index (χ1v) is 8.00. The first kappa shape index (κ1) is 14.3. The average molecular weight is 285 g/mol. The van der Waals surface area contributed by atoms with E-state index < -0.39 is 0 Å². The minimum Gasteiger partial charge on any atom is -0.343 e. The number of Topliss-reactive ketones (excluding diaryl/α,β-unsaturated/α-hetero) is 1. The van der Waals surface area contributed by atoms with Crippen LogP contribution in [-0.2, 0) is 22.4 Å². The predicted octanol–water partition coefficient (Wildman–Crippen LogP) is 2.76. The smallest absolute Gasteiger partial charge is 0.226 e. The lowest BCUT2D eigenvalue weighted by Crippen LogP contribution is -2.43. The van der Waals surface area contributed by atoms with Gasteiger partial charge in [-0.25, -0.2) is 0 Å². The van der Waals surface area contributed by atoms with Crippen LogP contribution in [0.1, 0.15) is 43.2 Å². The van der Waals surface area contributed by atoms with Crippen LogP contribution in [0.2, 0.25) is 0 Å². The molecule has 112 valence electrons. The van der Waals surface area contributed by atoms with Crippen LogP contribution < -0.4 is 0 Å². The molecule has 21 heavy (non-hydrogen) atoms. The minimum absolute atomic E-state index is 0.113. The molecule has 0 aromatic heterocycles. The Bertz CT molecular complexity index is 542. The lowest BCUT2D eigenvalue weighted by atomic mass is 9.82. The van der Waals surface area contributed by atoms with E-state index in [4.69, 9.17) is 0 Å². The quantitative estimate of drug-likeness (QED) is 0.838. The Morgan fingerprint density at radius 1 is 1.05 bits per heavy atom. The first-order chi connectivity index (χ1) is 10.1. The molecule has 2 aliphatic rings. The highest BCUT2D eigenvalue weighted by molar-refractivity contribution is 5.81. The van der Waals surface area contributed by atoms with Gasteiger partial charge in [-0.15, -0.1) is 0 Å². The molecule has 0 aliphatic heterocycles. The first-order valence-electron chi connectivity index (χ1n) is 8.00.